The largest absolute Gasteiger partial charge is 0.496 e. The van der Waals surface area contributed by atoms with Gasteiger partial charge in [0.15, 0.2) is 5.17 Å². The number of thioether (sulfide) groups is 1. The van der Waals surface area contributed by atoms with Crippen molar-refractivity contribution in [3.05, 3.63) is 89.3 Å². The fourth-order valence-corrected chi connectivity index (χ4v) is 4.20. The van der Waals surface area contributed by atoms with Crippen LogP contribution in [0.2, 0.25) is 0 Å². The van der Waals surface area contributed by atoms with Crippen LogP contribution in [-0.2, 0) is 4.79 Å². The highest BCUT2D eigenvalue weighted by atomic mass is 32.2. The number of amidine groups is 1. The van der Waals surface area contributed by atoms with Gasteiger partial charge in [-0.05, 0) is 54.2 Å². The van der Waals surface area contributed by atoms with E-state index in [1.165, 1.54) is 11.8 Å². The Morgan fingerprint density at radius 2 is 1.48 bits per heavy atom. The SMILES string of the molecule is COc1cc(N(C)C)ccc1C=C1SC(N(c2ccccc2)c2ccccc2)=NC1=O. The van der Waals surface area contributed by atoms with Crippen LogP contribution < -0.4 is 14.5 Å². The lowest BCUT2D eigenvalue weighted by atomic mass is 10.1. The van der Waals surface area contributed by atoms with E-state index in [2.05, 4.69) is 4.99 Å². The van der Waals surface area contributed by atoms with Gasteiger partial charge in [-0.3, -0.25) is 9.69 Å². The average Bonchev–Trinajstić information content (AvgIpc) is 3.15. The molecule has 0 spiro atoms. The number of rotatable bonds is 5. The summed E-state index contributed by atoms with van der Waals surface area (Å²) < 4.78 is 5.55. The van der Waals surface area contributed by atoms with E-state index in [1.54, 1.807) is 7.11 Å². The number of para-hydroxylation sites is 2. The summed E-state index contributed by atoms with van der Waals surface area (Å²) in [5, 5.41) is 0.623. The van der Waals surface area contributed by atoms with Gasteiger partial charge in [0.2, 0.25) is 0 Å². The third-order valence-electron chi connectivity index (χ3n) is 4.85. The number of carbonyl (C=O) groups is 1. The van der Waals surface area contributed by atoms with E-state index in [0.29, 0.717) is 15.8 Å². The number of hydrogen-bond acceptors (Lipinski definition) is 5. The second-order valence-electron chi connectivity index (χ2n) is 7.14. The molecule has 4 rings (SSSR count). The van der Waals surface area contributed by atoms with Gasteiger partial charge in [0, 0.05) is 42.8 Å². The zero-order valence-electron chi connectivity index (χ0n) is 17.6. The first-order valence-corrected chi connectivity index (χ1v) is 10.7. The molecule has 3 aromatic carbocycles. The van der Waals surface area contributed by atoms with Crippen molar-refractivity contribution in [1.29, 1.82) is 0 Å². The molecule has 0 fully saturated rings. The predicted octanol–water partition coefficient (Wildman–Crippen LogP) is 5.57. The van der Waals surface area contributed by atoms with Gasteiger partial charge in [-0.1, -0.05) is 36.4 Å². The van der Waals surface area contributed by atoms with Gasteiger partial charge >= 0.3 is 0 Å². The quantitative estimate of drug-likeness (QED) is 0.496. The first kappa shape index (κ1) is 20.8. The molecule has 0 N–H and O–H groups in total. The van der Waals surface area contributed by atoms with Gasteiger partial charge in [0.05, 0.1) is 12.0 Å². The molecule has 1 heterocycles. The number of benzene rings is 3. The molecular weight excluding hydrogens is 406 g/mol. The van der Waals surface area contributed by atoms with Crippen molar-refractivity contribution in [2.75, 3.05) is 31.0 Å². The monoisotopic (exact) mass is 429 g/mol. The highest BCUT2D eigenvalue weighted by molar-refractivity contribution is 8.18. The van der Waals surface area contributed by atoms with Crippen molar-refractivity contribution < 1.29 is 9.53 Å². The molecular formula is C25H23N3O2S. The van der Waals surface area contributed by atoms with E-state index in [4.69, 9.17) is 4.74 Å². The Kier molecular flexibility index (Phi) is 6.09. The molecule has 0 bridgehead atoms. The smallest absolute Gasteiger partial charge is 0.286 e. The standard InChI is InChI=1S/C25H23N3O2S/c1-27(2)21-15-14-18(22(17-21)30-3)16-23-24(29)26-25(31-23)28(19-10-6-4-7-11-19)20-12-8-5-9-13-20/h4-17H,1-3H3. The molecule has 3 aromatic rings. The van der Waals surface area contributed by atoms with E-state index in [9.17, 15) is 4.79 Å². The Morgan fingerprint density at radius 1 is 0.871 bits per heavy atom. The summed E-state index contributed by atoms with van der Waals surface area (Å²) in [7, 11) is 5.59. The summed E-state index contributed by atoms with van der Waals surface area (Å²) in [6.07, 6.45) is 1.84. The van der Waals surface area contributed by atoms with E-state index in [-0.39, 0.29) is 5.91 Å². The Morgan fingerprint density at radius 3 is 2.03 bits per heavy atom. The Hall–Kier alpha value is -3.51. The molecule has 156 valence electrons. The maximum atomic E-state index is 12.8. The Labute approximate surface area is 186 Å². The molecule has 1 amide bonds. The third kappa shape index (κ3) is 4.49. The maximum Gasteiger partial charge on any atom is 0.286 e. The second-order valence-corrected chi connectivity index (χ2v) is 8.15. The molecule has 0 aliphatic carbocycles. The van der Waals surface area contributed by atoms with E-state index >= 15 is 0 Å². The minimum Gasteiger partial charge on any atom is -0.496 e. The molecule has 0 saturated carbocycles. The number of ether oxygens (including phenoxy) is 1. The molecule has 0 saturated heterocycles. The van der Waals surface area contributed by atoms with Crippen molar-refractivity contribution in [1.82, 2.24) is 0 Å². The lowest BCUT2D eigenvalue weighted by Crippen LogP contribution is -2.21. The minimum atomic E-state index is -0.254. The number of methoxy groups -OCH3 is 1. The number of amides is 1. The Balaban J connectivity index is 1.68. The van der Waals surface area contributed by atoms with Gasteiger partial charge in [-0.25, -0.2) is 0 Å². The maximum absolute atomic E-state index is 12.8. The van der Waals surface area contributed by atoms with Gasteiger partial charge < -0.3 is 9.64 Å². The number of anilines is 3. The highest BCUT2D eigenvalue weighted by Gasteiger charge is 2.28. The first-order valence-electron chi connectivity index (χ1n) is 9.85. The first-order chi connectivity index (χ1) is 15.1. The summed E-state index contributed by atoms with van der Waals surface area (Å²) in [6.45, 7) is 0. The zero-order valence-corrected chi connectivity index (χ0v) is 18.5. The average molecular weight is 430 g/mol. The van der Waals surface area contributed by atoms with Crippen molar-refractivity contribution in [2.45, 2.75) is 0 Å². The molecule has 5 nitrogen and oxygen atoms in total. The predicted molar refractivity (Wildman–Crippen MR) is 130 cm³/mol. The summed E-state index contributed by atoms with van der Waals surface area (Å²) >= 11 is 1.36. The molecule has 0 radical (unpaired) electrons. The summed E-state index contributed by atoms with van der Waals surface area (Å²) in [5.41, 5.74) is 3.76. The third-order valence-corrected chi connectivity index (χ3v) is 5.82. The normalized spacial score (nSPS) is 14.5. The Bertz CT molecular complexity index is 1100. The fourth-order valence-electron chi connectivity index (χ4n) is 3.26. The molecule has 31 heavy (non-hydrogen) atoms. The van der Waals surface area contributed by atoms with E-state index in [0.717, 1.165) is 22.6 Å². The van der Waals surface area contributed by atoms with Crippen molar-refractivity contribution in [2.24, 2.45) is 4.99 Å². The van der Waals surface area contributed by atoms with Gasteiger partial charge in [0.1, 0.15) is 5.75 Å². The van der Waals surface area contributed by atoms with Crippen molar-refractivity contribution in [3.8, 4) is 5.75 Å². The second kappa shape index (κ2) is 9.10. The van der Waals surface area contributed by atoms with Crippen LogP contribution in [0.1, 0.15) is 5.56 Å². The highest BCUT2D eigenvalue weighted by Crippen LogP contribution is 2.38. The molecule has 1 aliphatic rings. The lowest BCUT2D eigenvalue weighted by Gasteiger charge is -2.23. The van der Waals surface area contributed by atoms with Gasteiger partial charge in [-0.15, -0.1) is 0 Å². The number of nitrogens with zero attached hydrogens (tertiary/aromatic N) is 3. The molecule has 0 aromatic heterocycles. The van der Waals surface area contributed by atoms with Crippen LogP contribution in [0, 0.1) is 0 Å². The van der Waals surface area contributed by atoms with Crippen molar-refractivity contribution >= 4 is 46.0 Å². The zero-order chi connectivity index (χ0) is 21.8. The van der Waals surface area contributed by atoms with Crippen LogP contribution in [0.4, 0.5) is 17.1 Å². The van der Waals surface area contributed by atoms with Crippen LogP contribution >= 0.6 is 11.8 Å². The summed E-state index contributed by atoms with van der Waals surface area (Å²) in [5.74, 6) is 0.458. The van der Waals surface area contributed by atoms with Gasteiger partial charge in [0.25, 0.3) is 5.91 Å². The minimum absolute atomic E-state index is 0.254. The van der Waals surface area contributed by atoms with Crippen LogP contribution in [0.15, 0.2) is 88.8 Å². The lowest BCUT2D eigenvalue weighted by molar-refractivity contribution is -0.113. The number of carbonyl (C=O) groups excluding carboxylic acids is 1. The van der Waals surface area contributed by atoms with E-state index < -0.39 is 0 Å². The number of aliphatic imine (C=N–C) groups is 1. The van der Waals surface area contributed by atoms with Crippen molar-refractivity contribution in [3.63, 3.8) is 0 Å². The van der Waals surface area contributed by atoms with Crippen LogP contribution in [0.5, 0.6) is 5.75 Å². The van der Waals surface area contributed by atoms with Crippen LogP contribution in [-0.4, -0.2) is 32.3 Å². The molecule has 0 unspecified atom stereocenters. The molecule has 0 atom stereocenters. The topological polar surface area (TPSA) is 45.1 Å². The summed E-state index contributed by atoms with van der Waals surface area (Å²) in [6, 6.07) is 25.8. The van der Waals surface area contributed by atoms with Crippen LogP contribution in [0.25, 0.3) is 6.08 Å². The van der Waals surface area contributed by atoms with E-state index in [1.807, 2.05) is 109 Å². The molecule has 1 aliphatic heterocycles. The van der Waals surface area contributed by atoms with Crippen LogP contribution in [0.3, 0.4) is 0 Å². The number of hydrogen-bond donors (Lipinski definition) is 0. The molecule has 6 heteroatoms. The summed E-state index contributed by atoms with van der Waals surface area (Å²) in [4.78, 5) is 21.7. The fraction of sp³-hybridized carbons (Fsp3) is 0.120. The van der Waals surface area contributed by atoms with Gasteiger partial charge in [-0.2, -0.15) is 4.99 Å².